The van der Waals surface area contributed by atoms with Crippen LogP contribution in [0.15, 0.2) is 18.5 Å². The van der Waals surface area contributed by atoms with Crippen molar-refractivity contribution in [2.45, 2.75) is 26.7 Å². The molecule has 0 aliphatic heterocycles. The first-order chi connectivity index (χ1) is 10.1. The van der Waals surface area contributed by atoms with Gasteiger partial charge in [0, 0.05) is 23.7 Å². The highest BCUT2D eigenvalue weighted by atomic mass is 19.2. The SMILES string of the molecule is CCCc1c(NCC)ncnc1-c1cc(F)c(F)cc1F. The zero-order chi connectivity index (χ0) is 15.4. The molecule has 2 rings (SSSR count). The van der Waals surface area contributed by atoms with Gasteiger partial charge in [-0.25, -0.2) is 23.1 Å². The van der Waals surface area contributed by atoms with Crippen LogP contribution in [0, 0.1) is 17.5 Å². The number of benzene rings is 1. The fraction of sp³-hybridized carbons (Fsp3) is 0.333. The van der Waals surface area contributed by atoms with Crippen LogP contribution in [0.1, 0.15) is 25.8 Å². The van der Waals surface area contributed by atoms with Crippen LogP contribution in [0.25, 0.3) is 11.3 Å². The fourth-order valence-corrected chi connectivity index (χ4v) is 2.16. The van der Waals surface area contributed by atoms with E-state index in [4.69, 9.17) is 0 Å². The number of halogens is 3. The molecule has 21 heavy (non-hydrogen) atoms. The molecule has 0 amide bonds. The predicted molar refractivity (Wildman–Crippen MR) is 75.5 cm³/mol. The van der Waals surface area contributed by atoms with Crippen LogP contribution in [0.4, 0.5) is 19.0 Å². The summed E-state index contributed by atoms with van der Waals surface area (Å²) in [6.07, 6.45) is 2.69. The van der Waals surface area contributed by atoms with E-state index >= 15 is 0 Å². The number of nitrogens with zero attached hydrogens (tertiary/aromatic N) is 2. The second-order valence-electron chi connectivity index (χ2n) is 4.58. The van der Waals surface area contributed by atoms with Crippen molar-refractivity contribution in [2.75, 3.05) is 11.9 Å². The van der Waals surface area contributed by atoms with Crippen molar-refractivity contribution in [1.82, 2.24) is 9.97 Å². The highest BCUT2D eigenvalue weighted by molar-refractivity contribution is 5.69. The van der Waals surface area contributed by atoms with E-state index in [1.54, 1.807) is 0 Å². The van der Waals surface area contributed by atoms with Crippen molar-refractivity contribution in [3.8, 4) is 11.3 Å². The number of nitrogens with one attached hydrogen (secondary N) is 1. The summed E-state index contributed by atoms with van der Waals surface area (Å²) in [5, 5.41) is 3.08. The molecule has 0 aliphatic rings. The first kappa shape index (κ1) is 15.3. The lowest BCUT2D eigenvalue weighted by atomic mass is 10.0. The smallest absolute Gasteiger partial charge is 0.161 e. The van der Waals surface area contributed by atoms with Gasteiger partial charge < -0.3 is 5.32 Å². The number of hydrogen-bond donors (Lipinski definition) is 1. The molecule has 6 heteroatoms. The summed E-state index contributed by atoms with van der Waals surface area (Å²) in [6, 6.07) is 1.37. The van der Waals surface area contributed by atoms with Crippen LogP contribution >= 0.6 is 0 Å². The molecular formula is C15H16F3N3. The summed E-state index contributed by atoms with van der Waals surface area (Å²) in [4.78, 5) is 8.19. The first-order valence-corrected chi connectivity index (χ1v) is 6.81. The van der Waals surface area contributed by atoms with Crippen molar-refractivity contribution in [3.05, 3.63) is 41.5 Å². The molecule has 112 valence electrons. The monoisotopic (exact) mass is 295 g/mol. The maximum atomic E-state index is 14.0. The average molecular weight is 295 g/mol. The Bertz CT molecular complexity index is 644. The van der Waals surface area contributed by atoms with Crippen LogP contribution in [0.5, 0.6) is 0 Å². The average Bonchev–Trinajstić information content (AvgIpc) is 2.45. The molecule has 0 spiro atoms. The Morgan fingerprint density at radius 2 is 1.71 bits per heavy atom. The molecular weight excluding hydrogens is 279 g/mol. The van der Waals surface area contributed by atoms with E-state index in [0.717, 1.165) is 12.5 Å². The largest absolute Gasteiger partial charge is 0.370 e. The zero-order valence-electron chi connectivity index (χ0n) is 11.9. The quantitative estimate of drug-likeness (QED) is 0.849. The molecule has 0 radical (unpaired) electrons. The van der Waals surface area contributed by atoms with Crippen molar-refractivity contribution in [1.29, 1.82) is 0 Å². The van der Waals surface area contributed by atoms with Gasteiger partial charge in [-0.1, -0.05) is 13.3 Å². The lowest BCUT2D eigenvalue weighted by molar-refractivity contribution is 0.496. The Labute approximate surface area is 121 Å². The molecule has 0 aliphatic carbocycles. The molecule has 2 aromatic rings. The minimum atomic E-state index is -1.21. The molecule has 1 aromatic heterocycles. The van der Waals surface area contributed by atoms with Gasteiger partial charge in [-0.05, 0) is 19.4 Å². The Balaban J connectivity index is 2.62. The van der Waals surface area contributed by atoms with Crippen LogP contribution in [0.2, 0.25) is 0 Å². The van der Waals surface area contributed by atoms with Crippen molar-refractivity contribution in [2.24, 2.45) is 0 Å². The third-order valence-corrected chi connectivity index (χ3v) is 3.05. The lowest BCUT2D eigenvalue weighted by Crippen LogP contribution is -2.07. The minimum absolute atomic E-state index is 0.0566. The lowest BCUT2D eigenvalue weighted by Gasteiger charge is -2.14. The van der Waals surface area contributed by atoms with Gasteiger partial charge in [-0.15, -0.1) is 0 Å². The molecule has 0 unspecified atom stereocenters. The van der Waals surface area contributed by atoms with Gasteiger partial charge in [0.25, 0.3) is 0 Å². The van der Waals surface area contributed by atoms with E-state index in [1.807, 2.05) is 13.8 Å². The molecule has 1 heterocycles. The summed E-state index contributed by atoms with van der Waals surface area (Å²) in [7, 11) is 0. The molecule has 0 saturated carbocycles. The third-order valence-electron chi connectivity index (χ3n) is 3.05. The predicted octanol–water partition coefficient (Wildman–Crippen LogP) is 3.95. The second kappa shape index (κ2) is 6.56. The van der Waals surface area contributed by atoms with E-state index in [0.29, 0.717) is 36.1 Å². The third kappa shape index (κ3) is 3.15. The highest BCUT2D eigenvalue weighted by Crippen LogP contribution is 2.30. The van der Waals surface area contributed by atoms with Crippen LogP contribution in [0.3, 0.4) is 0 Å². The molecule has 1 aromatic carbocycles. The maximum Gasteiger partial charge on any atom is 0.161 e. The molecule has 0 bridgehead atoms. The van der Waals surface area contributed by atoms with Gasteiger partial charge in [-0.3, -0.25) is 0 Å². The molecule has 1 N–H and O–H groups in total. The van der Waals surface area contributed by atoms with Crippen LogP contribution in [-0.2, 0) is 6.42 Å². The van der Waals surface area contributed by atoms with E-state index in [1.165, 1.54) is 6.33 Å². The van der Waals surface area contributed by atoms with Gasteiger partial charge in [0.05, 0.1) is 5.69 Å². The first-order valence-electron chi connectivity index (χ1n) is 6.81. The van der Waals surface area contributed by atoms with Gasteiger partial charge >= 0.3 is 0 Å². The molecule has 3 nitrogen and oxygen atoms in total. The Kier molecular flexibility index (Phi) is 4.77. The number of anilines is 1. The van der Waals surface area contributed by atoms with E-state index < -0.39 is 17.5 Å². The standard InChI is InChI=1S/C15H16F3N3/c1-3-5-9-14(20-8-21-15(9)19-4-2)10-6-12(17)13(18)7-11(10)16/h6-8H,3-5H2,1-2H3,(H,19,20,21). The van der Waals surface area contributed by atoms with Crippen molar-refractivity contribution < 1.29 is 13.2 Å². The molecule has 0 atom stereocenters. The van der Waals surface area contributed by atoms with Gasteiger partial charge in [0.15, 0.2) is 11.6 Å². The number of rotatable bonds is 5. The zero-order valence-corrected chi connectivity index (χ0v) is 11.9. The molecule has 0 fully saturated rings. The minimum Gasteiger partial charge on any atom is -0.370 e. The van der Waals surface area contributed by atoms with E-state index in [-0.39, 0.29) is 5.56 Å². The number of aromatic nitrogens is 2. The van der Waals surface area contributed by atoms with Gasteiger partial charge in [-0.2, -0.15) is 0 Å². The summed E-state index contributed by atoms with van der Waals surface area (Å²) < 4.78 is 40.4. The summed E-state index contributed by atoms with van der Waals surface area (Å²) in [5.41, 5.74) is 0.935. The van der Waals surface area contributed by atoms with Gasteiger partial charge in [0.1, 0.15) is 18.0 Å². The van der Waals surface area contributed by atoms with E-state index in [2.05, 4.69) is 15.3 Å². The van der Waals surface area contributed by atoms with Crippen LogP contribution in [-0.4, -0.2) is 16.5 Å². The fourth-order valence-electron chi connectivity index (χ4n) is 2.16. The Hall–Kier alpha value is -2.11. The number of hydrogen-bond acceptors (Lipinski definition) is 3. The molecule has 0 saturated heterocycles. The summed E-state index contributed by atoms with van der Waals surface area (Å²) in [6.45, 7) is 4.52. The Morgan fingerprint density at radius 3 is 2.38 bits per heavy atom. The summed E-state index contributed by atoms with van der Waals surface area (Å²) >= 11 is 0. The summed E-state index contributed by atoms with van der Waals surface area (Å²) in [5.74, 6) is -2.56. The maximum absolute atomic E-state index is 14.0. The van der Waals surface area contributed by atoms with Crippen molar-refractivity contribution in [3.63, 3.8) is 0 Å². The van der Waals surface area contributed by atoms with Gasteiger partial charge in [0.2, 0.25) is 0 Å². The Morgan fingerprint density at radius 1 is 1.00 bits per heavy atom. The van der Waals surface area contributed by atoms with E-state index in [9.17, 15) is 13.2 Å². The normalized spacial score (nSPS) is 10.7. The topological polar surface area (TPSA) is 37.8 Å². The van der Waals surface area contributed by atoms with Crippen molar-refractivity contribution >= 4 is 5.82 Å². The second-order valence-corrected chi connectivity index (χ2v) is 4.58. The van der Waals surface area contributed by atoms with Crippen LogP contribution < -0.4 is 5.32 Å². The highest BCUT2D eigenvalue weighted by Gasteiger charge is 2.18.